The Bertz CT molecular complexity index is 361. The number of nitrogens with two attached hydrogens (primary N) is 1. The average Bonchev–Trinajstić information content (AvgIpc) is 2.30. The Morgan fingerprint density at radius 2 is 2.06 bits per heavy atom. The largest absolute Gasteiger partial charge is 0.490 e. The Labute approximate surface area is 97.9 Å². The maximum atomic E-state index is 12.1. The topological polar surface area (TPSA) is 64.7 Å². The lowest BCUT2D eigenvalue weighted by atomic mass is 10.1. The molecular weight excluding hydrogens is 232 g/mol. The van der Waals surface area contributed by atoms with Crippen LogP contribution in [0.5, 0.6) is 11.5 Å². The molecule has 1 unspecified atom stereocenters. The number of benzene rings is 1. The lowest BCUT2D eigenvalue weighted by Gasteiger charge is -2.14. The SMILES string of the molecule is CCOc1cc(C(O)CN)ccc1OC(F)F. The Morgan fingerprint density at radius 1 is 1.35 bits per heavy atom. The van der Waals surface area contributed by atoms with E-state index in [9.17, 15) is 13.9 Å². The molecule has 0 aliphatic carbocycles. The van der Waals surface area contributed by atoms with Gasteiger partial charge < -0.3 is 20.3 Å². The monoisotopic (exact) mass is 247 g/mol. The summed E-state index contributed by atoms with van der Waals surface area (Å²) < 4.78 is 33.7. The molecule has 0 heterocycles. The van der Waals surface area contributed by atoms with Crippen molar-refractivity contribution >= 4 is 0 Å². The zero-order chi connectivity index (χ0) is 12.8. The van der Waals surface area contributed by atoms with Gasteiger partial charge >= 0.3 is 6.61 Å². The second kappa shape index (κ2) is 6.36. The fourth-order valence-corrected chi connectivity index (χ4v) is 1.33. The highest BCUT2D eigenvalue weighted by Gasteiger charge is 2.14. The van der Waals surface area contributed by atoms with Crippen molar-refractivity contribution in [3.8, 4) is 11.5 Å². The lowest BCUT2D eigenvalue weighted by Crippen LogP contribution is -2.12. The molecule has 6 heteroatoms. The van der Waals surface area contributed by atoms with E-state index in [0.717, 1.165) is 0 Å². The van der Waals surface area contributed by atoms with Gasteiger partial charge in [0.15, 0.2) is 11.5 Å². The number of aliphatic hydroxyl groups is 1. The fourth-order valence-electron chi connectivity index (χ4n) is 1.33. The third kappa shape index (κ3) is 3.83. The zero-order valence-electron chi connectivity index (χ0n) is 9.40. The van der Waals surface area contributed by atoms with Crippen LogP contribution < -0.4 is 15.2 Å². The van der Waals surface area contributed by atoms with Crippen LogP contribution in [0.1, 0.15) is 18.6 Å². The molecule has 0 spiro atoms. The summed E-state index contributed by atoms with van der Waals surface area (Å²) in [4.78, 5) is 0. The van der Waals surface area contributed by atoms with Crippen molar-refractivity contribution in [2.45, 2.75) is 19.6 Å². The lowest BCUT2D eigenvalue weighted by molar-refractivity contribution is -0.0514. The fraction of sp³-hybridized carbons (Fsp3) is 0.455. The van der Waals surface area contributed by atoms with Gasteiger partial charge in [-0.15, -0.1) is 0 Å². The molecule has 0 fully saturated rings. The summed E-state index contributed by atoms with van der Waals surface area (Å²) in [6.07, 6.45) is -0.852. The average molecular weight is 247 g/mol. The number of alkyl halides is 2. The highest BCUT2D eigenvalue weighted by molar-refractivity contribution is 5.43. The van der Waals surface area contributed by atoms with Crippen LogP contribution in [0.2, 0.25) is 0 Å². The predicted molar refractivity (Wildman–Crippen MR) is 58.3 cm³/mol. The maximum Gasteiger partial charge on any atom is 0.387 e. The van der Waals surface area contributed by atoms with Crippen LogP contribution in [0.25, 0.3) is 0 Å². The van der Waals surface area contributed by atoms with E-state index in [1.54, 1.807) is 6.92 Å². The number of halogens is 2. The molecule has 1 rings (SSSR count). The summed E-state index contributed by atoms with van der Waals surface area (Å²) in [5.41, 5.74) is 5.80. The van der Waals surface area contributed by atoms with Crippen LogP contribution in [0, 0.1) is 0 Å². The van der Waals surface area contributed by atoms with Gasteiger partial charge in [0, 0.05) is 6.54 Å². The van der Waals surface area contributed by atoms with Crippen molar-refractivity contribution in [1.29, 1.82) is 0 Å². The third-order valence-corrected chi connectivity index (χ3v) is 2.09. The minimum Gasteiger partial charge on any atom is -0.490 e. The smallest absolute Gasteiger partial charge is 0.387 e. The van der Waals surface area contributed by atoms with Gasteiger partial charge in [-0.2, -0.15) is 8.78 Å². The molecule has 0 aromatic heterocycles. The van der Waals surface area contributed by atoms with Gasteiger partial charge in [-0.3, -0.25) is 0 Å². The molecule has 1 atom stereocenters. The Hall–Kier alpha value is -1.40. The van der Waals surface area contributed by atoms with E-state index in [4.69, 9.17) is 10.5 Å². The molecule has 0 amide bonds. The molecule has 4 nitrogen and oxygen atoms in total. The standard InChI is InChI=1S/C11H15F2NO3/c1-2-16-10-5-7(8(15)6-14)3-4-9(10)17-11(12)13/h3-5,8,11,15H,2,6,14H2,1H3. The zero-order valence-corrected chi connectivity index (χ0v) is 9.40. The molecule has 96 valence electrons. The molecular formula is C11H15F2NO3. The molecule has 3 N–H and O–H groups in total. The first-order valence-corrected chi connectivity index (χ1v) is 5.18. The summed E-state index contributed by atoms with van der Waals surface area (Å²) in [6, 6.07) is 4.24. The molecule has 0 radical (unpaired) electrons. The van der Waals surface area contributed by atoms with Crippen molar-refractivity contribution in [1.82, 2.24) is 0 Å². The van der Waals surface area contributed by atoms with Gasteiger partial charge in [0.25, 0.3) is 0 Å². The van der Waals surface area contributed by atoms with E-state index in [0.29, 0.717) is 12.2 Å². The Kier molecular flexibility index (Phi) is 5.11. The highest BCUT2D eigenvalue weighted by Crippen LogP contribution is 2.31. The number of ether oxygens (including phenoxy) is 2. The van der Waals surface area contributed by atoms with E-state index in [1.807, 2.05) is 0 Å². The maximum absolute atomic E-state index is 12.1. The molecule has 1 aromatic carbocycles. The molecule has 0 saturated heterocycles. The number of hydrogen-bond acceptors (Lipinski definition) is 4. The van der Waals surface area contributed by atoms with Gasteiger partial charge in [0.05, 0.1) is 12.7 Å². The molecule has 1 aromatic rings. The van der Waals surface area contributed by atoms with Crippen LogP contribution in [-0.4, -0.2) is 24.9 Å². The number of rotatable bonds is 6. The second-order valence-electron chi connectivity index (χ2n) is 3.27. The Morgan fingerprint density at radius 3 is 2.59 bits per heavy atom. The van der Waals surface area contributed by atoms with Crippen molar-refractivity contribution in [2.75, 3.05) is 13.2 Å². The second-order valence-corrected chi connectivity index (χ2v) is 3.27. The van der Waals surface area contributed by atoms with Crippen LogP contribution in [0.3, 0.4) is 0 Å². The van der Waals surface area contributed by atoms with E-state index in [-0.39, 0.29) is 18.0 Å². The first kappa shape index (κ1) is 13.7. The number of aliphatic hydroxyl groups excluding tert-OH is 1. The van der Waals surface area contributed by atoms with Gasteiger partial charge in [-0.25, -0.2) is 0 Å². The third-order valence-electron chi connectivity index (χ3n) is 2.09. The predicted octanol–water partition coefficient (Wildman–Crippen LogP) is 1.68. The quantitative estimate of drug-likeness (QED) is 0.802. The van der Waals surface area contributed by atoms with E-state index in [2.05, 4.69) is 4.74 Å². The minimum absolute atomic E-state index is 0.0423. The summed E-state index contributed by atoms with van der Waals surface area (Å²) in [5, 5.41) is 9.53. The van der Waals surface area contributed by atoms with Crippen molar-refractivity contribution in [3.63, 3.8) is 0 Å². The van der Waals surface area contributed by atoms with Gasteiger partial charge in [-0.05, 0) is 24.6 Å². The van der Waals surface area contributed by atoms with Gasteiger partial charge in [0.2, 0.25) is 0 Å². The first-order chi connectivity index (χ1) is 8.08. The molecule has 0 aliphatic rings. The van der Waals surface area contributed by atoms with Crippen LogP contribution in [0.15, 0.2) is 18.2 Å². The molecule has 0 aliphatic heterocycles. The van der Waals surface area contributed by atoms with Gasteiger partial charge in [-0.1, -0.05) is 6.07 Å². The first-order valence-electron chi connectivity index (χ1n) is 5.18. The van der Waals surface area contributed by atoms with Gasteiger partial charge in [0.1, 0.15) is 0 Å². The van der Waals surface area contributed by atoms with E-state index < -0.39 is 12.7 Å². The van der Waals surface area contributed by atoms with Crippen LogP contribution >= 0.6 is 0 Å². The van der Waals surface area contributed by atoms with Crippen molar-refractivity contribution in [3.05, 3.63) is 23.8 Å². The summed E-state index contributed by atoms with van der Waals surface area (Å²) in [7, 11) is 0. The normalized spacial score (nSPS) is 12.6. The molecule has 17 heavy (non-hydrogen) atoms. The molecule has 0 saturated carbocycles. The van der Waals surface area contributed by atoms with Crippen LogP contribution in [-0.2, 0) is 0 Å². The summed E-state index contributed by atoms with van der Waals surface area (Å²) in [5.74, 6) is 0.104. The van der Waals surface area contributed by atoms with Crippen LogP contribution in [0.4, 0.5) is 8.78 Å². The number of hydrogen-bond donors (Lipinski definition) is 2. The summed E-state index contributed by atoms with van der Waals surface area (Å²) >= 11 is 0. The van der Waals surface area contributed by atoms with Crippen molar-refractivity contribution < 1.29 is 23.4 Å². The summed E-state index contributed by atoms with van der Waals surface area (Å²) in [6.45, 7) is -0.847. The van der Waals surface area contributed by atoms with E-state index >= 15 is 0 Å². The minimum atomic E-state index is -2.92. The van der Waals surface area contributed by atoms with E-state index in [1.165, 1.54) is 18.2 Å². The van der Waals surface area contributed by atoms with Crippen molar-refractivity contribution in [2.24, 2.45) is 5.73 Å². The molecule has 0 bridgehead atoms. The Balaban J connectivity index is 2.98. The highest BCUT2D eigenvalue weighted by atomic mass is 19.3.